The van der Waals surface area contributed by atoms with E-state index in [0.717, 1.165) is 10.0 Å². The van der Waals surface area contributed by atoms with Crippen molar-refractivity contribution in [1.29, 1.82) is 0 Å². The Balaban J connectivity index is 1.67. The van der Waals surface area contributed by atoms with E-state index in [4.69, 9.17) is 18.6 Å². The number of nitrogens with zero attached hydrogens (tertiary/aromatic N) is 2. The lowest BCUT2D eigenvalue weighted by molar-refractivity contribution is 0.0438. The number of rotatable bonds is 6. The molecule has 0 bridgehead atoms. The van der Waals surface area contributed by atoms with Crippen LogP contribution in [0.4, 0.5) is 0 Å². The van der Waals surface area contributed by atoms with Crippen LogP contribution in [-0.4, -0.2) is 30.4 Å². The third-order valence-corrected chi connectivity index (χ3v) is 4.00. The normalized spacial score (nSPS) is 10.4. The van der Waals surface area contributed by atoms with Crippen LogP contribution in [0.5, 0.6) is 11.5 Å². The largest absolute Gasteiger partial charge is 0.497 e. The molecule has 0 aliphatic carbocycles. The number of methoxy groups -OCH3 is 2. The number of esters is 1. The van der Waals surface area contributed by atoms with E-state index >= 15 is 0 Å². The van der Waals surface area contributed by atoms with Gasteiger partial charge in [-0.25, -0.2) is 4.79 Å². The lowest BCUT2D eigenvalue weighted by atomic mass is 10.2. The van der Waals surface area contributed by atoms with Gasteiger partial charge < -0.3 is 18.6 Å². The molecule has 0 atom stereocenters. The van der Waals surface area contributed by atoms with E-state index in [-0.39, 0.29) is 12.5 Å². The summed E-state index contributed by atoms with van der Waals surface area (Å²) in [6.07, 6.45) is 0. The van der Waals surface area contributed by atoms with Crippen LogP contribution in [0.3, 0.4) is 0 Å². The Morgan fingerprint density at radius 3 is 2.31 bits per heavy atom. The zero-order valence-electron chi connectivity index (χ0n) is 14.1. The molecule has 0 aliphatic heterocycles. The van der Waals surface area contributed by atoms with E-state index in [1.54, 1.807) is 18.2 Å². The van der Waals surface area contributed by atoms with Crippen molar-refractivity contribution in [1.82, 2.24) is 10.2 Å². The highest BCUT2D eigenvalue weighted by Crippen LogP contribution is 2.24. The molecule has 134 valence electrons. The van der Waals surface area contributed by atoms with Gasteiger partial charge in [0.2, 0.25) is 5.89 Å². The first-order valence-electron chi connectivity index (χ1n) is 7.57. The van der Waals surface area contributed by atoms with E-state index in [1.165, 1.54) is 14.2 Å². The van der Waals surface area contributed by atoms with E-state index in [2.05, 4.69) is 26.1 Å². The second-order valence-electron chi connectivity index (χ2n) is 5.19. The predicted octanol–water partition coefficient (Wildman–Crippen LogP) is 3.87. The van der Waals surface area contributed by atoms with Crippen molar-refractivity contribution in [2.45, 2.75) is 6.61 Å². The highest BCUT2D eigenvalue weighted by molar-refractivity contribution is 9.10. The smallest absolute Gasteiger partial charge is 0.338 e. The highest BCUT2D eigenvalue weighted by atomic mass is 79.9. The summed E-state index contributed by atoms with van der Waals surface area (Å²) in [7, 11) is 3.01. The van der Waals surface area contributed by atoms with Crippen LogP contribution in [0.15, 0.2) is 51.4 Å². The number of aromatic nitrogens is 2. The van der Waals surface area contributed by atoms with Crippen molar-refractivity contribution in [2.75, 3.05) is 14.2 Å². The van der Waals surface area contributed by atoms with Crippen molar-refractivity contribution in [3.63, 3.8) is 0 Å². The number of hydrogen-bond donors (Lipinski definition) is 0. The van der Waals surface area contributed by atoms with E-state index in [0.29, 0.717) is 23.0 Å². The fraction of sp³-hybridized carbons (Fsp3) is 0.167. The molecule has 3 aromatic rings. The first-order chi connectivity index (χ1) is 12.6. The molecule has 26 heavy (non-hydrogen) atoms. The zero-order chi connectivity index (χ0) is 18.5. The lowest BCUT2D eigenvalue weighted by Crippen LogP contribution is -2.06. The van der Waals surface area contributed by atoms with Crippen LogP contribution >= 0.6 is 15.9 Å². The zero-order valence-corrected chi connectivity index (χ0v) is 15.6. The van der Waals surface area contributed by atoms with Gasteiger partial charge in [0.05, 0.1) is 19.8 Å². The summed E-state index contributed by atoms with van der Waals surface area (Å²) < 4.78 is 22.0. The molecule has 0 spiro atoms. The standard InChI is InChI=1S/C18H15BrN2O5/c1-23-14-7-12(8-15(9-14)24-2)18(22)25-10-16-20-21-17(26-16)11-3-5-13(19)6-4-11/h3-9H,10H2,1-2H3. The van der Waals surface area contributed by atoms with Crippen molar-refractivity contribution in [2.24, 2.45) is 0 Å². The maximum Gasteiger partial charge on any atom is 0.338 e. The SMILES string of the molecule is COc1cc(OC)cc(C(=O)OCc2nnc(-c3ccc(Br)cc3)o2)c1. The summed E-state index contributed by atoms with van der Waals surface area (Å²) in [5.74, 6) is 0.988. The summed E-state index contributed by atoms with van der Waals surface area (Å²) in [5.41, 5.74) is 1.07. The molecular formula is C18H15BrN2O5. The van der Waals surface area contributed by atoms with E-state index < -0.39 is 5.97 Å². The molecule has 0 saturated heterocycles. The number of carbonyl (C=O) groups is 1. The summed E-state index contributed by atoms with van der Waals surface area (Å²) in [6, 6.07) is 12.2. The Morgan fingerprint density at radius 1 is 1.04 bits per heavy atom. The van der Waals surface area contributed by atoms with Crippen LogP contribution in [0.1, 0.15) is 16.2 Å². The second kappa shape index (κ2) is 8.01. The van der Waals surface area contributed by atoms with Crippen LogP contribution in [0.2, 0.25) is 0 Å². The lowest BCUT2D eigenvalue weighted by Gasteiger charge is -2.07. The number of hydrogen-bond acceptors (Lipinski definition) is 7. The minimum atomic E-state index is -0.550. The molecular weight excluding hydrogens is 404 g/mol. The molecule has 3 rings (SSSR count). The van der Waals surface area contributed by atoms with Crippen LogP contribution < -0.4 is 9.47 Å². The predicted molar refractivity (Wildman–Crippen MR) is 96.1 cm³/mol. The molecule has 0 amide bonds. The van der Waals surface area contributed by atoms with Gasteiger partial charge in [-0.05, 0) is 36.4 Å². The molecule has 7 nitrogen and oxygen atoms in total. The van der Waals surface area contributed by atoms with Gasteiger partial charge in [-0.3, -0.25) is 0 Å². The topological polar surface area (TPSA) is 83.7 Å². The average Bonchev–Trinajstić information content (AvgIpc) is 3.15. The van der Waals surface area contributed by atoms with Gasteiger partial charge in [0, 0.05) is 16.1 Å². The molecule has 0 radical (unpaired) electrons. The Kier molecular flexibility index (Phi) is 5.52. The number of ether oxygens (including phenoxy) is 3. The van der Waals surface area contributed by atoms with Gasteiger partial charge in [0.1, 0.15) is 11.5 Å². The van der Waals surface area contributed by atoms with Crippen molar-refractivity contribution in [3.05, 3.63) is 58.4 Å². The molecule has 0 N–H and O–H groups in total. The summed E-state index contributed by atoms with van der Waals surface area (Å²) >= 11 is 3.36. The Hall–Kier alpha value is -2.87. The molecule has 0 unspecified atom stereocenters. The first-order valence-corrected chi connectivity index (χ1v) is 8.37. The Morgan fingerprint density at radius 2 is 1.69 bits per heavy atom. The van der Waals surface area contributed by atoms with E-state index in [1.807, 2.05) is 24.3 Å². The monoisotopic (exact) mass is 418 g/mol. The fourth-order valence-corrected chi connectivity index (χ4v) is 2.42. The van der Waals surface area contributed by atoms with Crippen molar-refractivity contribution >= 4 is 21.9 Å². The van der Waals surface area contributed by atoms with Gasteiger partial charge in [-0.15, -0.1) is 10.2 Å². The Bertz CT molecular complexity index is 886. The quantitative estimate of drug-likeness (QED) is 0.561. The number of benzene rings is 2. The van der Waals surface area contributed by atoms with Crippen LogP contribution in [-0.2, 0) is 11.3 Å². The molecule has 8 heteroatoms. The average molecular weight is 419 g/mol. The molecule has 1 aromatic heterocycles. The summed E-state index contributed by atoms with van der Waals surface area (Å²) in [5, 5.41) is 7.85. The molecule has 0 aliphatic rings. The maximum absolute atomic E-state index is 12.2. The third kappa shape index (κ3) is 4.20. The summed E-state index contributed by atoms with van der Waals surface area (Å²) in [4.78, 5) is 12.2. The number of carbonyl (C=O) groups excluding carboxylic acids is 1. The van der Waals surface area contributed by atoms with Crippen molar-refractivity contribution < 1.29 is 23.4 Å². The van der Waals surface area contributed by atoms with Gasteiger partial charge in [0.25, 0.3) is 5.89 Å². The third-order valence-electron chi connectivity index (χ3n) is 3.47. The summed E-state index contributed by atoms with van der Waals surface area (Å²) in [6.45, 7) is -0.137. The van der Waals surface area contributed by atoms with Crippen LogP contribution in [0, 0.1) is 0 Å². The molecule has 0 saturated carbocycles. The highest BCUT2D eigenvalue weighted by Gasteiger charge is 2.14. The van der Waals surface area contributed by atoms with Gasteiger partial charge >= 0.3 is 5.97 Å². The maximum atomic E-state index is 12.2. The van der Waals surface area contributed by atoms with Gasteiger partial charge in [-0.1, -0.05) is 15.9 Å². The van der Waals surface area contributed by atoms with Crippen molar-refractivity contribution in [3.8, 4) is 23.0 Å². The van der Waals surface area contributed by atoms with Gasteiger partial charge in [0.15, 0.2) is 6.61 Å². The minimum absolute atomic E-state index is 0.137. The van der Waals surface area contributed by atoms with Gasteiger partial charge in [-0.2, -0.15) is 0 Å². The first kappa shape index (κ1) is 17.9. The minimum Gasteiger partial charge on any atom is -0.497 e. The van der Waals surface area contributed by atoms with Crippen LogP contribution in [0.25, 0.3) is 11.5 Å². The number of halogens is 1. The van der Waals surface area contributed by atoms with E-state index in [9.17, 15) is 4.79 Å². The second-order valence-corrected chi connectivity index (χ2v) is 6.10. The fourth-order valence-electron chi connectivity index (χ4n) is 2.16. The Labute approximate surface area is 158 Å². The molecule has 2 aromatic carbocycles. The molecule has 1 heterocycles. The molecule has 0 fully saturated rings.